The molecule has 1 unspecified atom stereocenters. The van der Waals surface area contributed by atoms with E-state index in [1.807, 2.05) is 6.92 Å². The van der Waals surface area contributed by atoms with Crippen molar-refractivity contribution in [3.63, 3.8) is 0 Å². The summed E-state index contributed by atoms with van der Waals surface area (Å²) in [5, 5.41) is 16.0. The predicted octanol–water partition coefficient (Wildman–Crippen LogP) is 1.83. The van der Waals surface area contributed by atoms with Crippen molar-refractivity contribution in [2.75, 3.05) is 26.2 Å². The van der Waals surface area contributed by atoms with Gasteiger partial charge in [-0.2, -0.15) is 0 Å². The summed E-state index contributed by atoms with van der Waals surface area (Å²) in [6.07, 6.45) is 3.35. The molecule has 0 aromatic carbocycles. The van der Waals surface area contributed by atoms with Crippen LogP contribution in [-0.4, -0.2) is 48.3 Å². The van der Waals surface area contributed by atoms with Gasteiger partial charge in [-0.05, 0) is 38.8 Å². The van der Waals surface area contributed by atoms with Crippen LogP contribution in [-0.2, 0) is 5.60 Å². The molecule has 128 valence electrons. The molecular weight excluding hydrogens is 294 g/mol. The number of rotatable bonds is 6. The van der Waals surface area contributed by atoms with Crippen LogP contribution in [0.4, 0.5) is 4.79 Å². The highest BCUT2D eigenvalue weighted by molar-refractivity contribution is 5.74. The van der Waals surface area contributed by atoms with Crippen molar-refractivity contribution in [2.45, 2.75) is 38.3 Å². The lowest BCUT2D eigenvalue weighted by atomic mass is 10.0. The summed E-state index contributed by atoms with van der Waals surface area (Å²) in [6.45, 7) is 10.5. The second-order valence-corrected chi connectivity index (χ2v) is 6.59. The van der Waals surface area contributed by atoms with Crippen LogP contribution in [0.25, 0.3) is 0 Å². The van der Waals surface area contributed by atoms with Gasteiger partial charge < -0.3 is 20.2 Å². The number of carbonyl (C=O) groups excluding carboxylic acids is 1. The number of amides is 2. The molecule has 0 bridgehead atoms. The van der Waals surface area contributed by atoms with Gasteiger partial charge in [-0.1, -0.05) is 12.2 Å². The summed E-state index contributed by atoms with van der Waals surface area (Å²) < 4.78 is 5.19. The number of hydrogen-bond donors (Lipinski definition) is 3. The van der Waals surface area contributed by atoms with Gasteiger partial charge in [0.25, 0.3) is 0 Å². The molecule has 2 heterocycles. The van der Waals surface area contributed by atoms with Crippen molar-refractivity contribution >= 4 is 6.03 Å². The zero-order valence-electron chi connectivity index (χ0n) is 14.0. The van der Waals surface area contributed by atoms with Crippen LogP contribution in [0.3, 0.4) is 0 Å². The lowest BCUT2D eigenvalue weighted by Gasteiger charge is -2.32. The first-order valence-corrected chi connectivity index (χ1v) is 8.04. The summed E-state index contributed by atoms with van der Waals surface area (Å²) in [6, 6.07) is 3.32. The highest BCUT2D eigenvalue weighted by atomic mass is 16.4. The Bertz CT molecular complexity index is 517. The Morgan fingerprint density at radius 1 is 1.52 bits per heavy atom. The third kappa shape index (κ3) is 5.41. The number of carbonyl (C=O) groups is 1. The van der Waals surface area contributed by atoms with Gasteiger partial charge in [0.2, 0.25) is 0 Å². The molecule has 0 spiro atoms. The summed E-state index contributed by atoms with van der Waals surface area (Å²) in [5.74, 6) is 0.436. The Hall–Kier alpha value is -1.79. The maximum absolute atomic E-state index is 12.0. The molecule has 0 saturated carbocycles. The molecule has 2 amide bonds. The number of furan rings is 1. The zero-order chi connectivity index (χ0) is 16.9. The molecule has 23 heavy (non-hydrogen) atoms. The molecular formula is C17H27N3O3. The fourth-order valence-electron chi connectivity index (χ4n) is 2.78. The van der Waals surface area contributed by atoms with Gasteiger partial charge in [-0.25, -0.2) is 4.79 Å². The number of piperidine rings is 1. The molecule has 6 nitrogen and oxygen atoms in total. The summed E-state index contributed by atoms with van der Waals surface area (Å²) >= 11 is 0. The average molecular weight is 321 g/mol. The Labute approximate surface area is 137 Å². The van der Waals surface area contributed by atoms with Gasteiger partial charge in [0, 0.05) is 25.7 Å². The lowest BCUT2D eigenvalue weighted by Crippen LogP contribution is -2.50. The fourth-order valence-corrected chi connectivity index (χ4v) is 2.78. The van der Waals surface area contributed by atoms with Gasteiger partial charge in [0.1, 0.15) is 11.4 Å². The molecule has 1 aliphatic rings. The SMILES string of the molecule is C=C(C)CN1CCC(NC(=O)NCC(C)(O)c2ccco2)CC1. The smallest absolute Gasteiger partial charge is 0.315 e. The van der Waals surface area contributed by atoms with E-state index in [9.17, 15) is 9.90 Å². The van der Waals surface area contributed by atoms with Crippen LogP contribution in [0, 0.1) is 0 Å². The first-order chi connectivity index (χ1) is 10.9. The van der Waals surface area contributed by atoms with E-state index in [-0.39, 0.29) is 18.6 Å². The molecule has 6 heteroatoms. The molecule has 1 aliphatic heterocycles. The normalized spacial score (nSPS) is 19.1. The van der Waals surface area contributed by atoms with E-state index in [1.165, 1.54) is 6.26 Å². The minimum Gasteiger partial charge on any atom is -0.466 e. The first kappa shape index (κ1) is 17.6. The molecule has 1 aromatic rings. The second-order valence-electron chi connectivity index (χ2n) is 6.59. The van der Waals surface area contributed by atoms with Crippen LogP contribution in [0.15, 0.2) is 35.0 Å². The third-order valence-electron chi connectivity index (χ3n) is 4.06. The van der Waals surface area contributed by atoms with Crippen molar-refractivity contribution < 1.29 is 14.3 Å². The van der Waals surface area contributed by atoms with Crippen molar-refractivity contribution in [3.8, 4) is 0 Å². The quantitative estimate of drug-likeness (QED) is 0.699. The monoisotopic (exact) mass is 321 g/mol. The molecule has 1 atom stereocenters. The van der Waals surface area contributed by atoms with Gasteiger partial charge >= 0.3 is 6.03 Å². The molecule has 0 aliphatic carbocycles. The van der Waals surface area contributed by atoms with Crippen LogP contribution < -0.4 is 10.6 Å². The van der Waals surface area contributed by atoms with E-state index in [1.54, 1.807) is 19.1 Å². The summed E-state index contributed by atoms with van der Waals surface area (Å²) in [7, 11) is 0. The van der Waals surface area contributed by atoms with E-state index in [0.717, 1.165) is 38.0 Å². The number of nitrogens with one attached hydrogen (secondary N) is 2. The maximum Gasteiger partial charge on any atom is 0.315 e. The topological polar surface area (TPSA) is 77.7 Å². The number of hydrogen-bond acceptors (Lipinski definition) is 4. The van der Waals surface area contributed by atoms with E-state index in [2.05, 4.69) is 22.1 Å². The number of aliphatic hydroxyl groups is 1. The van der Waals surface area contributed by atoms with E-state index < -0.39 is 5.60 Å². The highest BCUT2D eigenvalue weighted by Crippen LogP contribution is 2.19. The minimum absolute atomic E-state index is 0.0981. The van der Waals surface area contributed by atoms with Crippen molar-refractivity contribution in [1.29, 1.82) is 0 Å². The molecule has 1 aromatic heterocycles. The number of likely N-dealkylation sites (tertiary alicyclic amines) is 1. The molecule has 0 radical (unpaired) electrons. The fraction of sp³-hybridized carbons (Fsp3) is 0.588. The van der Waals surface area contributed by atoms with Gasteiger partial charge in [0.05, 0.1) is 12.8 Å². The van der Waals surface area contributed by atoms with Crippen LogP contribution in [0.2, 0.25) is 0 Å². The Morgan fingerprint density at radius 3 is 2.78 bits per heavy atom. The van der Waals surface area contributed by atoms with Crippen molar-refractivity contribution in [2.24, 2.45) is 0 Å². The van der Waals surface area contributed by atoms with E-state index >= 15 is 0 Å². The minimum atomic E-state index is -1.22. The highest BCUT2D eigenvalue weighted by Gasteiger charge is 2.27. The number of urea groups is 1. The molecule has 1 saturated heterocycles. The Morgan fingerprint density at radius 2 is 2.22 bits per heavy atom. The largest absolute Gasteiger partial charge is 0.466 e. The maximum atomic E-state index is 12.0. The van der Waals surface area contributed by atoms with Gasteiger partial charge in [-0.3, -0.25) is 4.90 Å². The zero-order valence-corrected chi connectivity index (χ0v) is 14.0. The first-order valence-electron chi connectivity index (χ1n) is 8.04. The van der Waals surface area contributed by atoms with Gasteiger partial charge in [-0.15, -0.1) is 0 Å². The van der Waals surface area contributed by atoms with Crippen LogP contribution in [0.1, 0.15) is 32.4 Å². The third-order valence-corrected chi connectivity index (χ3v) is 4.06. The summed E-state index contributed by atoms with van der Waals surface area (Å²) in [5.41, 5.74) is -0.0552. The molecule has 1 fully saturated rings. The van der Waals surface area contributed by atoms with Crippen molar-refractivity contribution in [1.82, 2.24) is 15.5 Å². The van der Waals surface area contributed by atoms with Crippen LogP contribution >= 0.6 is 0 Å². The Balaban J connectivity index is 1.71. The second kappa shape index (κ2) is 7.66. The van der Waals surface area contributed by atoms with Crippen LogP contribution in [0.5, 0.6) is 0 Å². The predicted molar refractivity (Wildman–Crippen MR) is 89.1 cm³/mol. The lowest BCUT2D eigenvalue weighted by molar-refractivity contribution is 0.0365. The average Bonchev–Trinajstić information content (AvgIpc) is 3.02. The molecule has 3 N–H and O–H groups in total. The Kier molecular flexibility index (Phi) is 5.85. The van der Waals surface area contributed by atoms with E-state index in [4.69, 9.17) is 4.42 Å². The standard InChI is InChI=1S/C17H27N3O3/c1-13(2)11-20-8-6-14(7-9-20)19-16(21)18-12-17(3,22)15-5-4-10-23-15/h4-5,10,14,22H,1,6-9,11-12H2,2-3H3,(H2,18,19,21). The molecule has 2 rings (SSSR count). The van der Waals surface area contributed by atoms with E-state index in [0.29, 0.717) is 5.76 Å². The van der Waals surface area contributed by atoms with Crippen molar-refractivity contribution in [3.05, 3.63) is 36.3 Å². The van der Waals surface area contributed by atoms with Gasteiger partial charge in [0.15, 0.2) is 0 Å². The summed E-state index contributed by atoms with van der Waals surface area (Å²) in [4.78, 5) is 14.3. The number of nitrogens with zero attached hydrogens (tertiary/aromatic N) is 1.